The van der Waals surface area contributed by atoms with E-state index in [2.05, 4.69) is 79.9 Å². The lowest BCUT2D eigenvalue weighted by Gasteiger charge is -2.25. The maximum absolute atomic E-state index is 13.0. The molecule has 0 saturated heterocycles. The fraction of sp³-hybridized carbons (Fsp3) is 0.780. The minimum absolute atomic E-state index is 0.0601. The van der Waals surface area contributed by atoms with Gasteiger partial charge >= 0.3 is 7.82 Å². The van der Waals surface area contributed by atoms with Gasteiger partial charge in [-0.2, -0.15) is 0 Å². The van der Waals surface area contributed by atoms with Crippen LogP contribution in [0.4, 0.5) is 0 Å². The van der Waals surface area contributed by atoms with E-state index in [0.717, 1.165) is 70.6 Å². The lowest BCUT2D eigenvalue weighted by atomic mass is 10.0. The molecule has 0 aliphatic rings. The number of hydrogen-bond acceptors (Lipinski definition) is 5. The Morgan fingerprint density at radius 1 is 0.515 bits per heavy atom. The van der Waals surface area contributed by atoms with Crippen molar-refractivity contribution in [2.45, 2.75) is 257 Å². The summed E-state index contributed by atoms with van der Waals surface area (Å²) in [5, 5.41) is 13.9. The molecule has 0 saturated carbocycles. The first-order valence-corrected chi connectivity index (χ1v) is 29.8. The molecular formula is C59H110N2O6P+. The summed E-state index contributed by atoms with van der Waals surface area (Å²) < 4.78 is 23.7. The Bertz CT molecular complexity index is 1330. The highest BCUT2D eigenvalue weighted by Crippen LogP contribution is 2.43. The van der Waals surface area contributed by atoms with Crippen LogP contribution in [-0.2, 0) is 18.4 Å². The lowest BCUT2D eigenvalue weighted by molar-refractivity contribution is -0.870. The fourth-order valence-corrected chi connectivity index (χ4v) is 8.75. The second kappa shape index (κ2) is 49.9. The zero-order valence-electron chi connectivity index (χ0n) is 45.1. The van der Waals surface area contributed by atoms with Crippen LogP contribution in [0.15, 0.2) is 72.9 Å². The predicted molar refractivity (Wildman–Crippen MR) is 295 cm³/mol. The molecular weight excluding hydrogens is 864 g/mol. The monoisotopic (exact) mass is 974 g/mol. The molecule has 3 N–H and O–H groups in total. The second-order valence-corrected chi connectivity index (χ2v) is 21.7. The third kappa shape index (κ3) is 51.8. The number of allylic oxidation sites excluding steroid dienone is 11. The van der Waals surface area contributed by atoms with Crippen LogP contribution in [0.5, 0.6) is 0 Å². The molecule has 0 aromatic rings. The summed E-state index contributed by atoms with van der Waals surface area (Å²) in [5.41, 5.74) is 0. The van der Waals surface area contributed by atoms with Crippen molar-refractivity contribution in [1.29, 1.82) is 0 Å². The van der Waals surface area contributed by atoms with Crippen molar-refractivity contribution in [3.05, 3.63) is 72.9 Å². The number of likely N-dealkylation sites (N-methyl/N-ethyl adjacent to an activating group) is 1. The number of aliphatic hydroxyl groups excluding tert-OH is 1. The van der Waals surface area contributed by atoms with Crippen LogP contribution < -0.4 is 5.32 Å². The lowest BCUT2D eigenvalue weighted by Crippen LogP contribution is -2.45. The summed E-state index contributed by atoms with van der Waals surface area (Å²) in [4.78, 5) is 23.3. The van der Waals surface area contributed by atoms with Crippen LogP contribution >= 0.6 is 7.82 Å². The maximum atomic E-state index is 13.0. The Balaban J connectivity index is 4.12. The van der Waals surface area contributed by atoms with Gasteiger partial charge in [-0.3, -0.25) is 13.8 Å². The number of hydrogen-bond donors (Lipinski definition) is 3. The largest absolute Gasteiger partial charge is 0.472 e. The summed E-state index contributed by atoms with van der Waals surface area (Å²) in [6, 6.07) is -0.849. The van der Waals surface area contributed by atoms with E-state index in [0.29, 0.717) is 17.4 Å². The number of quaternary nitrogens is 1. The quantitative estimate of drug-likeness (QED) is 0.0243. The molecule has 0 aliphatic heterocycles. The van der Waals surface area contributed by atoms with E-state index in [1.165, 1.54) is 154 Å². The molecule has 0 spiro atoms. The molecule has 9 heteroatoms. The van der Waals surface area contributed by atoms with Gasteiger partial charge < -0.3 is 19.8 Å². The average Bonchev–Trinajstić information content (AvgIpc) is 3.30. The maximum Gasteiger partial charge on any atom is 0.472 e. The first-order valence-electron chi connectivity index (χ1n) is 28.3. The number of nitrogens with zero attached hydrogens (tertiary/aromatic N) is 1. The average molecular weight is 975 g/mol. The Morgan fingerprint density at radius 3 is 1.29 bits per heavy atom. The molecule has 396 valence electrons. The minimum atomic E-state index is -4.35. The second-order valence-electron chi connectivity index (χ2n) is 20.3. The summed E-state index contributed by atoms with van der Waals surface area (Å²) in [5.74, 6) is -0.178. The number of carbonyl (C=O) groups excluding carboxylic acids is 1. The van der Waals surface area contributed by atoms with Gasteiger partial charge in [0, 0.05) is 6.42 Å². The van der Waals surface area contributed by atoms with Gasteiger partial charge in [0.1, 0.15) is 13.2 Å². The van der Waals surface area contributed by atoms with Gasteiger partial charge in [0.25, 0.3) is 0 Å². The van der Waals surface area contributed by atoms with Crippen molar-refractivity contribution in [2.75, 3.05) is 40.9 Å². The molecule has 68 heavy (non-hydrogen) atoms. The van der Waals surface area contributed by atoms with E-state index in [9.17, 15) is 19.4 Å². The number of nitrogens with one attached hydrogen (secondary N) is 1. The highest BCUT2D eigenvalue weighted by molar-refractivity contribution is 7.47. The van der Waals surface area contributed by atoms with Crippen molar-refractivity contribution < 1.29 is 32.9 Å². The highest BCUT2D eigenvalue weighted by Gasteiger charge is 2.27. The van der Waals surface area contributed by atoms with Crippen molar-refractivity contribution >= 4 is 13.7 Å². The summed E-state index contributed by atoms with van der Waals surface area (Å²) in [6.45, 7) is 4.71. The number of phosphoric ester groups is 1. The zero-order chi connectivity index (χ0) is 49.9. The number of phosphoric acid groups is 1. The minimum Gasteiger partial charge on any atom is -0.387 e. The van der Waals surface area contributed by atoms with Gasteiger partial charge in [0.05, 0.1) is 39.9 Å². The van der Waals surface area contributed by atoms with Gasteiger partial charge in [0.15, 0.2) is 0 Å². The smallest absolute Gasteiger partial charge is 0.387 e. The molecule has 3 unspecified atom stereocenters. The van der Waals surface area contributed by atoms with E-state index >= 15 is 0 Å². The van der Waals surface area contributed by atoms with Crippen LogP contribution in [0.2, 0.25) is 0 Å². The Hall–Kier alpha value is -2.06. The molecule has 0 aromatic heterocycles. The fourth-order valence-electron chi connectivity index (χ4n) is 8.01. The summed E-state index contributed by atoms with van der Waals surface area (Å²) in [7, 11) is 1.57. The van der Waals surface area contributed by atoms with Crippen molar-refractivity contribution in [3.63, 3.8) is 0 Å². The Labute approximate surface area is 421 Å². The molecule has 0 rings (SSSR count). The molecule has 0 aromatic carbocycles. The zero-order valence-corrected chi connectivity index (χ0v) is 46.0. The number of rotatable bonds is 51. The topological polar surface area (TPSA) is 105 Å². The van der Waals surface area contributed by atoms with Gasteiger partial charge in [-0.05, 0) is 64.2 Å². The van der Waals surface area contributed by atoms with Gasteiger partial charge in [-0.1, -0.05) is 247 Å². The first-order chi connectivity index (χ1) is 33.0. The first kappa shape index (κ1) is 65.9. The highest BCUT2D eigenvalue weighted by atomic mass is 31.2. The van der Waals surface area contributed by atoms with Gasteiger partial charge in [-0.25, -0.2) is 4.57 Å². The van der Waals surface area contributed by atoms with Crippen LogP contribution in [-0.4, -0.2) is 73.4 Å². The van der Waals surface area contributed by atoms with Crippen LogP contribution in [0.1, 0.15) is 245 Å². The van der Waals surface area contributed by atoms with Crippen LogP contribution in [0, 0.1) is 0 Å². The van der Waals surface area contributed by atoms with E-state index in [-0.39, 0.29) is 19.1 Å². The summed E-state index contributed by atoms with van der Waals surface area (Å²) in [6.07, 6.45) is 68.5. The third-order valence-electron chi connectivity index (χ3n) is 12.4. The van der Waals surface area contributed by atoms with Crippen LogP contribution in [0.3, 0.4) is 0 Å². The van der Waals surface area contributed by atoms with Gasteiger partial charge in [0.2, 0.25) is 5.91 Å². The van der Waals surface area contributed by atoms with Crippen molar-refractivity contribution in [3.8, 4) is 0 Å². The molecule has 0 heterocycles. The number of carbonyl (C=O) groups is 1. The number of unbranched alkanes of at least 4 members (excludes halogenated alkanes) is 28. The van der Waals surface area contributed by atoms with E-state index in [4.69, 9.17) is 9.05 Å². The number of amides is 1. The molecule has 8 nitrogen and oxygen atoms in total. The van der Waals surface area contributed by atoms with Crippen molar-refractivity contribution in [2.24, 2.45) is 0 Å². The molecule has 0 radical (unpaired) electrons. The standard InChI is InChI=1S/C59H109N2O6P/c1-6-8-10-12-14-16-18-20-22-23-24-25-26-27-28-29-30-31-32-33-34-35-36-37-39-41-43-45-47-49-51-53-59(63)60-57(56-67-68(64,65)66-55-54-61(3,4)5)58(62)52-50-48-46-44-42-40-38-21-19-17-15-13-11-9-7-2/h8,10,14,16,20,22,24-25,27-28,50,52,57-58,62H,6-7,9,11-13,15,17-19,21,23,26,29-49,51,53-56H2,1-5H3,(H-,60,63,64,65)/p+1/b10-8-,16-14-,22-20-,25-24-,28-27-,52-50+. The molecule has 0 bridgehead atoms. The Morgan fingerprint density at radius 2 is 0.882 bits per heavy atom. The van der Waals surface area contributed by atoms with E-state index < -0.39 is 20.0 Å². The van der Waals surface area contributed by atoms with Gasteiger partial charge in [-0.15, -0.1) is 0 Å². The molecule has 0 aliphatic carbocycles. The third-order valence-corrected chi connectivity index (χ3v) is 13.4. The van der Waals surface area contributed by atoms with Crippen LogP contribution in [0.25, 0.3) is 0 Å². The summed E-state index contributed by atoms with van der Waals surface area (Å²) >= 11 is 0. The normalized spacial score (nSPS) is 14.5. The predicted octanol–water partition coefficient (Wildman–Crippen LogP) is 17.1. The van der Waals surface area contributed by atoms with E-state index in [1.807, 2.05) is 27.2 Å². The molecule has 0 fully saturated rings. The Kier molecular flexibility index (Phi) is 48.4. The SMILES string of the molecule is CC/C=C\C/C=C\C/C=C\C/C=C\C/C=C\CCCCCCCCCCCCCCCCCC(=O)NC(COP(=O)(O)OCC[N+](C)(C)C)C(O)/C=C/CCCCCCCCCCCCCCC. The molecule has 1 amide bonds. The number of aliphatic hydroxyl groups is 1. The van der Waals surface area contributed by atoms with E-state index in [1.54, 1.807) is 6.08 Å². The van der Waals surface area contributed by atoms with Crippen molar-refractivity contribution in [1.82, 2.24) is 5.32 Å². The molecule has 3 atom stereocenters.